The van der Waals surface area contributed by atoms with Gasteiger partial charge in [0.15, 0.2) is 5.13 Å². The maximum atomic E-state index is 5.96. The van der Waals surface area contributed by atoms with E-state index in [-0.39, 0.29) is 0 Å². The van der Waals surface area contributed by atoms with E-state index in [4.69, 9.17) is 17.4 Å². The topological polar surface area (TPSA) is 75.9 Å². The van der Waals surface area contributed by atoms with Gasteiger partial charge in [-0.15, -0.1) is 0 Å². The van der Waals surface area contributed by atoms with Crippen LogP contribution in [-0.2, 0) is 0 Å². The Kier molecular flexibility index (Phi) is 3.20. The van der Waals surface area contributed by atoms with Crippen molar-refractivity contribution in [3.8, 4) is 0 Å². The van der Waals surface area contributed by atoms with E-state index in [1.165, 1.54) is 0 Å². The molecule has 1 aromatic carbocycles. The standard InChI is InChI=1S/C12H10ClN5S/c13-7-1-2-9-10(5-7)19-12(17-9)16-8-3-4-15-11(6-8)18-14/h1-6H,14H2,(H2,15,16,17,18). The fourth-order valence-electron chi connectivity index (χ4n) is 1.66. The molecule has 0 radical (unpaired) electrons. The minimum atomic E-state index is 0.592. The lowest BCUT2D eigenvalue weighted by Crippen LogP contribution is -2.08. The molecule has 3 aromatic rings. The Morgan fingerprint density at radius 2 is 2.11 bits per heavy atom. The summed E-state index contributed by atoms with van der Waals surface area (Å²) in [7, 11) is 0. The van der Waals surface area contributed by atoms with Crippen LogP contribution in [0.1, 0.15) is 0 Å². The van der Waals surface area contributed by atoms with E-state index in [0.29, 0.717) is 10.8 Å². The van der Waals surface area contributed by atoms with Crippen molar-refractivity contribution < 1.29 is 0 Å². The Hall–Kier alpha value is -1.89. The number of pyridine rings is 1. The number of benzene rings is 1. The van der Waals surface area contributed by atoms with Crippen molar-refractivity contribution in [1.82, 2.24) is 9.97 Å². The molecular formula is C12H10ClN5S. The lowest BCUT2D eigenvalue weighted by molar-refractivity contribution is 1.23. The van der Waals surface area contributed by atoms with Gasteiger partial charge in [-0.25, -0.2) is 15.8 Å². The molecule has 0 aliphatic carbocycles. The first-order valence-electron chi connectivity index (χ1n) is 5.50. The average Bonchev–Trinajstić information content (AvgIpc) is 2.80. The van der Waals surface area contributed by atoms with Gasteiger partial charge in [-0.1, -0.05) is 22.9 Å². The van der Waals surface area contributed by atoms with Crippen molar-refractivity contribution in [2.45, 2.75) is 0 Å². The third kappa shape index (κ3) is 2.60. The van der Waals surface area contributed by atoms with Crippen molar-refractivity contribution in [3.05, 3.63) is 41.6 Å². The number of fused-ring (bicyclic) bond motifs is 1. The molecule has 0 atom stereocenters. The quantitative estimate of drug-likeness (QED) is 0.509. The summed E-state index contributed by atoms with van der Waals surface area (Å²) in [6.45, 7) is 0. The summed E-state index contributed by atoms with van der Waals surface area (Å²) in [4.78, 5) is 8.52. The maximum Gasteiger partial charge on any atom is 0.188 e. The number of halogens is 1. The summed E-state index contributed by atoms with van der Waals surface area (Å²) < 4.78 is 1.04. The second-order valence-corrected chi connectivity index (χ2v) is 5.30. The van der Waals surface area contributed by atoms with Crippen molar-refractivity contribution in [2.24, 2.45) is 5.84 Å². The number of aromatic nitrogens is 2. The van der Waals surface area contributed by atoms with Gasteiger partial charge < -0.3 is 10.7 Å². The zero-order valence-electron chi connectivity index (χ0n) is 9.72. The number of nitrogens with two attached hydrogens (primary N) is 1. The largest absolute Gasteiger partial charge is 0.331 e. The summed E-state index contributed by atoms with van der Waals surface area (Å²) in [5.74, 6) is 5.91. The first-order chi connectivity index (χ1) is 9.24. The zero-order valence-corrected chi connectivity index (χ0v) is 11.3. The minimum absolute atomic E-state index is 0.592. The van der Waals surface area contributed by atoms with Crippen molar-refractivity contribution >= 4 is 49.8 Å². The van der Waals surface area contributed by atoms with Crippen LogP contribution in [0.25, 0.3) is 10.2 Å². The molecule has 5 nitrogen and oxygen atoms in total. The summed E-state index contributed by atoms with van der Waals surface area (Å²) in [5, 5.41) is 4.72. The van der Waals surface area contributed by atoms with Crippen LogP contribution in [0.15, 0.2) is 36.5 Å². The smallest absolute Gasteiger partial charge is 0.188 e. The Bertz CT molecular complexity index is 727. The van der Waals surface area contributed by atoms with E-state index in [2.05, 4.69) is 20.7 Å². The van der Waals surface area contributed by atoms with Crippen LogP contribution in [0, 0.1) is 0 Å². The van der Waals surface area contributed by atoms with E-state index in [9.17, 15) is 0 Å². The second-order valence-electron chi connectivity index (χ2n) is 3.83. The van der Waals surface area contributed by atoms with Crippen molar-refractivity contribution in [2.75, 3.05) is 10.7 Å². The third-order valence-electron chi connectivity index (χ3n) is 2.51. The first-order valence-corrected chi connectivity index (χ1v) is 6.70. The monoisotopic (exact) mass is 291 g/mol. The molecule has 0 saturated carbocycles. The summed E-state index contributed by atoms with van der Waals surface area (Å²) >= 11 is 7.50. The molecule has 7 heteroatoms. The number of thiazole rings is 1. The minimum Gasteiger partial charge on any atom is -0.331 e. The van der Waals surface area contributed by atoms with Crippen molar-refractivity contribution in [3.63, 3.8) is 0 Å². The van der Waals surface area contributed by atoms with Gasteiger partial charge >= 0.3 is 0 Å². The molecule has 0 bridgehead atoms. The molecule has 0 aliphatic rings. The Balaban J connectivity index is 1.92. The van der Waals surface area contributed by atoms with Gasteiger partial charge in [0.1, 0.15) is 5.82 Å². The van der Waals surface area contributed by atoms with Gasteiger partial charge in [-0.2, -0.15) is 0 Å². The van der Waals surface area contributed by atoms with Crippen LogP contribution >= 0.6 is 22.9 Å². The van der Waals surface area contributed by atoms with Gasteiger partial charge in [-0.05, 0) is 24.3 Å². The van der Waals surface area contributed by atoms with E-state index in [1.807, 2.05) is 24.3 Å². The fourth-order valence-corrected chi connectivity index (χ4v) is 2.82. The predicted octanol–water partition coefficient (Wildman–Crippen LogP) is 3.37. The SMILES string of the molecule is NNc1cc(Nc2nc3ccc(Cl)cc3s2)ccn1. The first kappa shape index (κ1) is 12.2. The van der Waals surface area contributed by atoms with Gasteiger partial charge in [0.25, 0.3) is 0 Å². The van der Waals surface area contributed by atoms with Crippen LogP contribution in [0.3, 0.4) is 0 Å². The molecule has 19 heavy (non-hydrogen) atoms. The molecule has 0 aliphatic heterocycles. The number of rotatable bonds is 3. The predicted molar refractivity (Wildman–Crippen MR) is 80.0 cm³/mol. The van der Waals surface area contributed by atoms with Crippen LogP contribution in [0.4, 0.5) is 16.6 Å². The van der Waals surface area contributed by atoms with E-state index < -0.39 is 0 Å². The van der Waals surface area contributed by atoms with Gasteiger partial charge in [0.05, 0.1) is 10.2 Å². The summed E-state index contributed by atoms with van der Waals surface area (Å²) in [6.07, 6.45) is 1.67. The number of nitrogens with one attached hydrogen (secondary N) is 2. The normalized spacial score (nSPS) is 10.6. The number of nitrogen functional groups attached to an aromatic ring is 1. The second kappa shape index (κ2) is 5.00. The number of hydrogen-bond donors (Lipinski definition) is 3. The highest BCUT2D eigenvalue weighted by atomic mass is 35.5. The molecule has 0 spiro atoms. The highest BCUT2D eigenvalue weighted by Crippen LogP contribution is 2.30. The van der Waals surface area contributed by atoms with Gasteiger partial charge in [0.2, 0.25) is 0 Å². The van der Waals surface area contributed by atoms with E-state index in [0.717, 1.165) is 21.0 Å². The molecule has 0 saturated heterocycles. The molecule has 2 heterocycles. The molecule has 2 aromatic heterocycles. The summed E-state index contributed by atoms with van der Waals surface area (Å²) in [6, 6.07) is 9.28. The highest BCUT2D eigenvalue weighted by molar-refractivity contribution is 7.22. The lowest BCUT2D eigenvalue weighted by atomic mass is 10.3. The molecule has 96 valence electrons. The molecule has 4 N–H and O–H groups in total. The zero-order chi connectivity index (χ0) is 13.2. The lowest BCUT2D eigenvalue weighted by Gasteiger charge is -2.03. The van der Waals surface area contributed by atoms with Crippen LogP contribution < -0.4 is 16.6 Å². The molecule has 0 amide bonds. The maximum absolute atomic E-state index is 5.96. The van der Waals surface area contributed by atoms with Crippen LogP contribution in [-0.4, -0.2) is 9.97 Å². The Labute approximate surface area is 118 Å². The third-order valence-corrected chi connectivity index (χ3v) is 3.68. The number of hydrogen-bond acceptors (Lipinski definition) is 6. The number of hydrazine groups is 1. The van der Waals surface area contributed by atoms with E-state index in [1.54, 1.807) is 23.6 Å². The summed E-state index contributed by atoms with van der Waals surface area (Å²) in [5.41, 5.74) is 4.29. The Morgan fingerprint density at radius 1 is 1.21 bits per heavy atom. The average molecular weight is 292 g/mol. The van der Waals surface area contributed by atoms with Gasteiger partial charge in [0, 0.05) is 23.0 Å². The number of anilines is 3. The molecule has 0 unspecified atom stereocenters. The molecule has 0 fully saturated rings. The number of nitrogens with zero attached hydrogens (tertiary/aromatic N) is 2. The molecule has 3 rings (SSSR count). The fraction of sp³-hybridized carbons (Fsp3) is 0. The van der Waals surface area contributed by atoms with Crippen LogP contribution in [0.5, 0.6) is 0 Å². The van der Waals surface area contributed by atoms with Crippen LogP contribution in [0.2, 0.25) is 5.02 Å². The van der Waals surface area contributed by atoms with E-state index >= 15 is 0 Å². The Morgan fingerprint density at radius 3 is 2.95 bits per heavy atom. The van der Waals surface area contributed by atoms with Crippen molar-refractivity contribution in [1.29, 1.82) is 0 Å². The van der Waals surface area contributed by atoms with Gasteiger partial charge in [-0.3, -0.25) is 0 Å². The highest BCUT2D eigenvalue weighted by Gasteiger charge is 2.05. The molecular weight excluding hydrogens is 282 g/mol.